The van der Waals surface area contributed by atoms with Crippen molar-refractivity contribution in [2.24, 2.45) is 5.41 Å². The Morgan fingerprint density at radius 3 is 2.67 bits per heavy atom. The summed E-state index contributed by atoms with van der Waals surface area (Å²) in [5.74, 6) is 1.61. The van der Waals surface area contributed by atoms with E-state index in [1.807, 2.05) is 6.07 Å². The summed E-state index contributed by atoms with van der Waals surface area (Å²) in [6.45, 7) is 8.63. The highest BCUT2D eigenvalue weighted by Gasteiger charge is 2.36. The second kappa shape index (κ2) is 5.83. The van der Waals surface area contributed by atoms with Gasteiger partial charge in [0.05, 0.1) is 0 Å². The molecule has 1 fully saturated rings. The molecular formula is C16H24N2O3. The van der Waals surface area contributed by atoms with Crippen LogP contribution in [0.4, 0.5) is 0 Å². The zero-order valence-corrected chi connectivity index (χ0v) is 12.8. The van der Waals surface area contributed by atoms with Crippen LogP contribution in [0.25, 0.3) is 0 Å². The van der Waals surface area contributed by atoms with Gasteiger partial charge in [0.15, 0.2) is 11.5 Å². The van der Waals surface area contributed by atoms with Crippen LogP contribution >= 0.6 is 0 Å². The molecule has 2 aliphatic rings. The van der Waals surface area contributed by atoms with Crippen LogP contribution in [0.5, 0.6) is 11.5 Å². The summed E-state index contributed by atoms with van der Waals surface area (Å²) in [5.41, 5.74) is 0.964. The van der Waals surface area contributed by atoms with E-state index in [1.165, 1.54) is 5.56 Å². The first kappa shape index (κ1) is 14.6. The molecule has 3 rings (SSSR count). The molecule has 2 aliphatic heterocycles. The van der Waals surface area contributed by atoms with Crippen molar-refractivity contribution in [3.63, 3.8) is 0 Å². The van der Waals surface area contributed by atoms with E-state index < -0.39 is 0 Å². The van der Waals surface area contributed by atoms with Crippen molar-refractivity contribution < 1.29 is 14.6 Å². The topological polar surface area (TPSA) is 54.0 Å². The Kier molecular flexibility index (Phi) is 4.06. The van der Waals surface area contributed by atoms with Gasteiger partial charge in [0.25, 0.3) is 0 Å². The molecule has 1 atom stereocenters. The third-order valence-electron chi connectivity index (χ3n) is 4.38. The number of nitrogens with zero attached hydrogens (tertiary/aromatic N) is 1. The number of hydrogen-bond donors (Lipinski definition) is 2. The third kappa shape index (κ3) is 2.86. The Hall–Kier alpha value is -1.30. The van der Waals surface area contributed by atoms with E-state index in [4.69, 9.17) is 9.47 Å². The average molecular weight is 292 g/mol. The van der Waals surface area contributed by atoms with Crippen LogP contribution in [-0.2, 0) is 0 Å². The Morgan fingerprint density at radius 2 is 1.95 bits per heavy atom. The maximum atomic E-state index is 9.85. The molecule has 0 spiro atoms. The van der Waals surface area contributed by atoms with E-state index >= 15 is 0 Å². The van der Waals surface area contributed by atoms with Gasteiger partial charge < -0.3 is 19.9 Å². The van der Waals surface area contributed by atoms with E-state index in [1.54, 1.807) is 0 Å². The molecule has 2 N–H and O–H groups in total. The average Bonchev–Trinajstić information content (AvgIpc) is 2.96. The van der Waals surface area contributed by atoms with Crippen molar-refractivity contribution in [2.75, 3.05) is 39.6 Å². The van der Waals surface area contributed by atoms with Crippen molar-refractivity contribution >= 4 is 0 Å². The summed E-state index contributed by atoms with van der Waals surface area (Å²) in [7, 11) is 0. The molecule has 116 valence electrons. The summed E-state index contributed by atoms with van der Waals surface area (Å²) in [6.07, 6.45) is 0. The number of piperazine rings is 1. The first-order valence-electron chi connectivity index (χ1n) is 7.57. The second-order valence-corrected chi connectivity index (χ2v) is 6.45. The monoisotopic (exact) mass is 292 g/mol. The van der Waals surface area contributed by atoms with Gasteiger partial charge in [0.1, 0.15) is 0 Å². The summed E-state index contributed by atoms with van der Waals surface area (Å²) in [4.78, 5) is 2.45. The Morgan fingerprint density at radius 1 is 1.24 bits per heavy atom. The fraction of sp³-hybridized carbons (Fsp3) is 0.625. The molecule has 2 heterocycles. The van der Waals surface area contributed by atoms with Crippen molar-refractivity contribution in [3.05, 3.63) is 23.8 Å². The highest BCUT2D eigenvalue weighted by Crippen LogP contribution is 2.42. The normalized spacial score (nSPS) is 20.5. The van der Waals surface area contributed by atoms with Crippen LogP contribution in [0.3, 0.4) is 0 Å². The Balaban J connectivity index is 1.94. The zero-order chi connectivity index (χ0) is 14.9. The van der Waals surface area contributed by atoms with Crippen molar-refractivity contribution in [1.82, 2.24) is 10.2 Å². The number of nitrogens with one attached hydrogen (secondary N) is 1. The van der Waals surface area contributed by atoms with Gasteiger partial charge >= 0.3 is 0 Å². The number of hydrogen-bond acceptors (Lipinski definition) is 5. The maximum absolute atomic E-state index is 9.85. The van der Waals surface area contributed by atoms with Gasteiger partial charge in [-0.05, 0) is 17.7 Å². The standard InChI is InChI=1S/C16H24N2O3/c1-16(2,10-19)15(18-7-5-17-6-8-18)12-3-4-13-14(9-12)21-11-20-13/h3-4,9,15,17,19H,5-8,10-11H2,1-2H3/t15-/m0/s1. The van der Waals surface area contributed by atoms with E-state index in [0.29, 0.717) is 6.79 Å². The predicted octanol–water partition coefficient (Wildman–Crippen LogP) is 1.38. The highest BCUT2D eigenvalue weighted by molar-refractivity contribution is 5.45. The molecule has 1 aromatic carbocycles. The number of fused-ring (bicyclic) bond motifs is 1. The van der Waals surface area contributed by atoms with Gasteiger partial charge in [0, 0.05) is 44.2 Å². The molecule has 0 saturated carbocycles. The molecule has 0 amide bonds. The first-order valence-corrected chi connectivity index (χ1v) is 7.57. The summed E-state index contributed by atoms with van der Waals surface area (Å²) >= 11 is 0. The number of rotatable bonds is 4. The second-order valence-electron chi connectivity index (χ2n) is 6.45. The number of benzene rings is 1. The van der Waals surface area contributed by atoms with Crippen molar-refractivity contribution in [2.45, 2.75) is 19.9 Å². The number of aliphatic hydroxyl groups excluding tert-OH is 1. The van der Waals surface area contributed by atoms with E-state index in [9.17, 15) is 5.11 Å². The highest BCUT2D eigenvalue weighted by atomic mass is 16.7. The van der Waals surface area contributed by atoms with Gasteiger partial charge in [-0.3, -0.25) is 4.90 Å². The minimum absolute atomic E-state index is 0.149. The van der Waals surface area contributed by atoms with Crippen LogP contribution in [-0.4, -0.2) is 49.6 Å². The number of ether oxygens (including phenoxy) is 2. The molecular weight excluding hydrogens is 268 g/mol. The van der Waals surface area contributed by atoms with Crippen LogP contribution in [0, 0.1) is 5.41 Å². The predicted molar refractivity (Wildman–Crippen MR) is 80.6 cm³/mol. The molecule has 0 unspecified atom stereocenters. The SMILES string of the molecule is CC(C)(CO)[C@H](c1ccc2c(c1)OCO2)N1CCNCC1. The van der Waals surface area contributed by atoms with Crippen LogP contribution < -0.4 is 14.8 Å². The third-order valence-corrected chi connectivity index (χ3v) is 4.38. The molecule has 5 nitrogen and oxygen atoms in total. The molecule has 0 bridgehead atoms. The van der Waals surface area contributed by atoms with Crippen LogP contribution in [0.2, 0.25) is 0 Å². The van der Waals surface area contributed by atoms with E-state index in [0.717, 1.165) is 37.7 Å². The molecule has 21 heavy (non-hydrogen) atoms. The lowest BCUT2D eigenvalue weighted by molar-refractivity contribution is 0.0304. The van der Waals surface area contributed by atoms with Gasteiger partial charge in [0.2, 0.25) is 6.79 Å². The molecule has 5 heteroatoms. The molecule has 0 aromatic heterocycles. The van der Waals surface area contributed by atoms with Gasteiger partial charge in [-0.1, -0.05) is 19.9 Å². The zero-order valence-electron chi connectivity index (χ0n) is 12.8. The molecule has 0 radical (unpaired) electrons. The quantitative estimate of drug-likeness (QED) is 0.878. The van der Waals surface area contributed by atoms with Crippen LogP contribution in [0.1, 0.15) is 25.5 Å². The minimum Gasteiger partial charge on any atom is -0.454 e. The van der Waals surface area contributed by atoms with Gasteiger partial charge in [-0.2, -0.15) is 0 Å². The molecule has 1 aromatic rings. The smallest absolute Gasteiger partial charge is 0.231 e. The number of aliphatic hydroxyl groups is 1. The fourth-order valence-electron chi connectivity index (χ4n) is 3.27. The lowest BCUT2D eigenvalue weighted by atomic mass is 9.79. The lowest BCUT2D eigenvalue weighted by Crippen LogP contribution is -2.49. The fourth-order valence-corrected chi connectivity index (χ4v) is 3.27. The Labute approximate surface area is 125 Å². The van der Waals surface area contributed by atoms with E-state index in [-0.39, 0.29) is 18.1 Å². The van der Waals surface area contributed by atoms with E-state index in [2.05, 4.69) is 36.2 Å². The molecule has 0 aliphatic carbocycles. The van der Waals surface area contributed by atoms with Crippen LogP contribution in [0.15, 0.2) is 18.2 Å². The first-order chi connectivity index (χ1) is 10.1. The van der Waals surface area contributed by atoms with Gasteiger partial charge in [-0.15, -0.1) is 0 Å². The van der Waals surface area contributed by atoms with Crippen molar-refractivity contribution in [3.8, 4) is 11.5 Å². The van der Waals surface area contributed by atoms with Gasteiger partial charge in [-0.25, -0.2) is 0 Å². The largest absolute Gasteiger partial charge is 0.454 e. The van der Waals surface area contributed by atoms with Crippen molar-refractivity contribution in [1.29, 1.82) is 0 Å². The molecule has 1 saturated heterocycles. The Bertz CT molecular complexity index is 498. The lowest BCUT2D eigenvalue weighted by Gasteiger charge is -2.43. The summed E-state index contributed by atoms with van der Waals surface area (Å²) < 4.78 is 10.9. The maximum Gasteiger partial charge on any atom is 0.231 e. The summed E-state index contributed by atoms with van der Waals surface area (Å²) in [5, 5.41) is 13.2. The summed E-state index contributed by atoms with van der Waals surface area (Å²) in [6, 6.07) is 6.30. The minimum atomic E-state index is -0.217.